The Morgan fingerprint density at radius 3 is 2.06 bits per heavy atom. The molecule has 2 unspecified atom stereocenters. The van der Waals surface area contributed by atoms with Crippen LogP contribution in [-0.2, 0) is 4.74 Å². The predicted molar refractivity (Wildman–Crippen MR) is 164 cm³/mol. The molecule has 0 aromatic heterocycles. The first-order valence-electron chi connectivity index (χ1n) is 16.2. The Labute approximate surface area is 269 Å². The summed E-state index contributed by atoms with van der Waals surface area (Å²) in [7, 11) is 0. The summed E-state index contributed by atoms with van der Waals surface area (Å²) >= 11 is 0. The highest BCUT2D eigenvalue weighted by Crippen LogP contribution is 2.41. The van der Waals surface area contributed by atoms with Crippen molar-refractivity contribution in [1.29, 1.82) is 0 Å². The number of unbranched alkanes of at least 4 members (excludes halogenated alkanes) is 2. The minimum absolute atomic E-state index is 0.0517. The average Bonchev–Trinajstić information content (AvgIpc) is 3.03. The fourth-order valence-corrected chi connectivity index (χ4v) is 6.81. The highest BCUT2D eigenvalue weighted by Gasteiger charge is 2.33. The van der Waals surface area contributed by atoms with E-state index < -0.39 is 52.3 Å². The van der Waals surface area contributed by atoms with E-state index in [0.29, 0.717) is 41.7 Å². The highest BCUT2D eigenvalue weighted by atomic mass is 19.3. The van der Waals surface area contributed by atoms with E-state index in [1.807, 2.05) is 0 Å². The van der Waals surface area contributed by atoms with Gasteiger partial charge in [0, 0.05) is 29.9 Å². The third-order valence-electron chi connectivity index (χ3n) is 9.43. The van der Waals surface area contributed by atoms with Crippen LogP contribution >= 0.6 is 0 Å². The number of rotatable bonds is 11. The third-order valence-corrected chi connectivity index (χ3v) is 9.43. The van der Waals surface area contributed by atoms with Gasteiger partial charge in [0.15, 0.2) is 17.5 Å². The van der Waals surface area contributed by atoms with Crippen molar-refractivity contribution in [2.24, 2.45) is 11.8 Å². The molecule has 0 N–H and O–H groups in total. The molecule has 1 aliphatic heterocycles. The minimum atomic E-state index is -4.10. The Morgan fingerprint density at radius 1 is 0.787 bits per heavy atom. The van der Waals surface area contributed by atoms with Gasteiger partial charge in [0.2, 0.25) is 0 Å². The fraction of sp³-hybridized carbons (Fsp3) is 0.459. The summed E-state index contributed by atoms with van der Waals surface area (Å²) in [6.07, 6.45) is 7.26. The number of halogens is 8. The van der Waals surface area contributed by atoms with Crippen LogP contribution in [0.3, 0.4) is 0 Å². The van der Waals surface area contributed by atoms with Crippen molar-refractivity contribution in [1.82, 2.24) is 0 Å². The van der Waals surface area contributed by atoms with Crippen LogP contribution in [-0.4, -0.2) is 18.8 Å². The molecule has 0 spiro atoms. The third kappa shape index (κ3) is 8.75. The quantitative estimate of drug-likeness (QED) is 0.115. The Morgan fingerprint density at radius 2 is 1.47 bits per heavy atom. The van der Waals surface area contributed by atoms with Crippen LogP contribution in [0.4, 0.5) is 35.1 Å². The monoisotopic (exact) mass is 666 g/mol. The second-order valence-corrected chi connectivity index (χ2v) is 12.7. The van der Waals surface area contributed by atoms with Crippen molar-refractivity contribution in [3.8, 4) is 16.9 Å². The Hall–Kier alpha value is -3.40. The topological polar surface area (TPSA) is 18.5 Å². The van der Waals surface area contributed by atoms with Crippen LogP contribution in [0.25, 0.3) is 17.2 Å². The molecule has 0 radical (unpaired) electrons. The van der Waals surface area contributed by atoms with Crippen LogP contribution in [0.5, 0.6) is 5.75 Å². The number of alkyl halides is 2. The molecule has 2 fully saturated rings. The molecule has 254 valence electrons. The van der Waals surface area contributed by atoms with Gasteiger partial charge >= 0.3 is 6.11 Å². The standard InChI is InChI=1S/C37H38F8O2/c1-2-3-4-5-22-6-13-35(46-21-22)24-9-7-23(8-10-24)25-16-30(38)29(31(39)17-25)14-15-37(44,45)47-27-11-12-28(32(40)20-27)26-18-33(41)36(43)34(42)19-26/h11-12,14-20,22-24,35H,2-10,13,21H2,1H3. The zero-order valence-electron chi connectivity index (χ0n) is 26.1. The molecule has 2 atom stereocenters. The van der Waals surface area contributed by atoms with Gasteiger partial charge in [-0.3, -0.25) is 0 Å². The van der Waals surface area contributed by atoms with E-state index in [0.717, 1.165) is 50.8 Å². The molecule has 5 rings (SSSR count). The Balaban J connectivity index is 1.17. The smallest absolute Gasteiger partial charge is 0.419 e. The molecule has 3 aromatic rings. The minimum Gasteiger partial charge on any atom is -0.429 e. The summed E-state index contributed by atoms with van der Waals surface area (Å²) in [6, 6.07) is 5.87. The number of benzene rings is 3. The van der Waals surface area contributed by atoms with Crippen LogP contribution in [0.1, 0.15) is 88.2 Å². The summed E-state index contributed by atoms with van der Waals surface area (Å²) in [5, 5.41) is 0. The molecule has 10 heteroatoms. The maximum Gasteiger partial charge on any atom is 0.419 e. The summed E-state index contributed by atoms with van der Waals surface area (Å²) in [6.45, 7) is 3.00. The molecule has 0 bridgehead atoms. The molecular weight excluding hydrogens is 628 g/mol. The van der Waals surface area contributed by atoms with Crippen LogP contribution in [0.2, 0.25) is 0 Å². The van der Waals surface area contributed by atoms with E-state index in [1.54, 1.807) is 0 Å². The van der Waals surface area contributed by atoms with E-state index in [1.165, 1.54) is 44.2 Å². The average molecular weight is 667 g/mol. The van der Waals surface area contributed by atoms with Gasteiger partial charge in [0.05, 0.1) is 6.10 Å². The molecule has 3 aromatic carbocycles. The first kappa shape index (κ1) is 34.9. The maximum atomic E-state index is 15.0. The van der Waals surface area contributed by atoms with Crippen molar-refractivity contribution in [3.05, 3.63) is 94.6 Å². The molecule has 2 nitrogen and oxygen atoms in total. The van der Waals surface area contributed by atoms with Gasteiger partial charge in [-0.05, 0) is 116 Å². The summed E-state index contributed by atoms with van der Waals surface area (Å²) in [5.74, 6) is -7.66. The lowest BCUT2D eigenvalue weighted by Gasteiger charge is -2.38. The molecular formula is C37H38F8O2. The van der Waals surface area contributed by atoms with Crippen LogP contribution < -0.4 is 4.74 Å². The zero-order chi connectivity index (χ0) is 33.7. The molecule has 2 aliphatic rings. The van der Waals surface area contributed by atoms with Crippen molar-refractivity contribution in [3.63, 3.8) is 0 Å². The fourth-order valence-electron chi connectivity index (χ4n) is 6.81. The van der Waals surface area contributed by atoms with Crippen molar-refractivity contribution in [2.75, 3.05) is 6.61 Å². The summed E-state index contributed by atoms with van der Waals surface area (Å²) in [5.41, 5.74) is -0.934. The van der Waals surface area contributed by atoms with Gasteiger partial charge in [0.1, 0.15) is 23.2 Å². The van der Waals surface area contributed by atoms with Crippen LogP contribution in [0, 0.1) is 46.7 Å². The normalized spacial score (nSPS) is 22.1. The van der Waals surface area contributed by atoms with E-state index in [9.17, 15) is 26.3 Å². The summed E-state index contributed by atoms with van der Waals surface area (Å²) in [4.78, 5) is 0. The van der Waals surface area contributed by atoms with E-state index in [2.05, 4.69) is 11.7 Å². The largest absolute Gasteiger partial charge is 0.429 e. The molecule has 1 heterocycles. The van der Waals surface area contributed by atoms with Gasteiger partial charge in [0.25, 0.3) is 0 Å². The van der Waals surface area contributed by atoms with Crippen molar-refractivity contribution >= 4 is 6.08 Å². The van der Waals surface area contributed by atoms with Crippen molar-refractivity contribution < 1.29 is 44.6 Å². The molecule has 47 heavy (non-hydrogen) atoms. The van der Waals surface area contributed by atoms with Gasteiger partial charge in [-0.25, -0.2) is 26.3 Å². The lowest BCUT2D eigenvalue weighted by atomic mass is 9.75. The Kier molecular flexibility index (Phi) is 11.3. The van der Waals surface area contributed by atoms with Crippen LogP contribution in [0.15, 0.2) is 48.5 Å². The maximum absolute atomic E-state index is 15.0. The lowest BCUT2D eigenvalue weighted by Crippen LogP contribution is -2.34. The van der Waals surface area contributed by atoms with Gasteiger partial charge in [-0.1, -0.05) is 26.2 Å². The van der Waals surface area contributed by atoms with Gasteiger partial charge in [-0.2, -0.15) is 8.78 Å². The van der Waals surface area contributed by atoms with Crippen molar-refractivity contribution in [2.45, 2.75) is 89.3 Å². The second-order valence-electron chi connectivity index (χ2n) is 12.7. The van der Waals surface area contributed by atoms with Gasteiger partial charge in [-0.15, -0.1) is 0 Å². The molecule has 1 aliphatic carbocycles. The summed E-state index contributed by atoms with van der Waals surface area (Å²) < 4.78 is 125. The lowest BCUT2D eigenvalue weighted by molar-refractivity contribution is -0.131. The SMILES string of the molecule is CCCCCC1CCC(C2CCC(c3cc(F)c(C=CC(F)(F)Oc4ccc(-c5cc(F)c(F)c(F)c5)c(F)c4)c(F)c3)CC2)OC1. The molecule has 0 amide bonds. The molecule has 1 saturated carbocycles. The number of hydrogen-bond acceptors (Lipinski definition) is 2. The second kappa shape index (κ2) is 15.2. The highest BCUT2D eigenvalue weighted by molar-refractivity contribution is 5.65. The van der Waals surface area contributed by atoms with Gasteiger partial charge < -0.3 is 9.47 Å². The number of ether oxygens (including phenoxy) is 2. The zero-order valence-corrected chi connectivity index (χ0v) is 26.1. The Bertz CT molecular complexity index is 1510. The first-order valence-corrected chi connectivity index (χ1v) is 16.2. The number of hydrogen-bond donors (Lipinski definition) is 0. The molecule has 1 saturated heterocycles. The predicted octanol–water partition coefficient (Wildman–Crippen LogP) is 11.5. The van der Waals surface area contributed by atoms with E-state index in [4.69, 9.17) is 4.74 Å². The first-order chi connectivity index (χ1) is 22.4. The van der Waals surface area contributed by atoms with E-state index in [-0.39, 0.29) is 29.2 Å². The van der Waals surface area contributed by atoms with E-state index >= 15 is 8.78 Å².